The Morgan fingerprint density at radius 1 is 1.32 bits per heavy atom. The summed E-state index contributed by atoms with van der Waals surface area (Å²) in [6.07, 6.45) is 4.89. The number of fused-ring (bicyclic) bond motifs is 1. The van der Waals surface area contributed by atoms with Gasteiger partial charge in [0, 0.05) is 5.56 Å². The molecule has 0 spiro atoms. The van der Waals surface area contributed by atoms with Crippen molar-refractivity contribution in [3.63, 3.8) is 0 Å². The molecule has 0 amide bonds. The number of nitrogens with zero attached hydrogens (tertiary/aromatic N) is 2. The molecule has 3 heterocycles. The Morgan fingerprint density at radius 3 is 2.79 bits per heavy atom. The second-order valence-corrected chi connectivity index (χ2v) is 7.28. The lowest BCUT2D eigenvalue weighted by atomic mass is 9.96. The molecular formula is C21H18N2O4S. The van der Waals surface area contributed by atoms with Crippen LogP contribution in [0.5, 0.6) is 0 Å². The Hall–Kier alpha value is -3.19. The number of esters is 1. The third-order valence-corrected chi connectivity index (χ3v) is 5.46. The molecule has 3 aromatic rings. The van der Waals surface area contributed by atoms with E-state index in [1.54, 1.807) is 43.1 Å². The van der Waals surface area contributed by atoms with Crippen molar-refractivity contribution in [1.82, 2.24) is 4.57 Å². The van der Waals surface area contributed by atoms with Crippen LogP contribution in [0.1, 0.15) is 31.0 Å². The molecule has 0 fully saturated rings. The van der Waals surface area contributed by atoms with E-state index in [0.29, 0.717) is 20.6 Å². The first-order valence-electron chi connectivity index (χ1n) is 8.87. The summed E-state index contributed by atoms with van der Waals surface area (Å²) in [5.41, 5.74) is 2.37. The molecule has 0 bridgehead atoms. The second kappa shape index (κ2) is 7.44. The summed E-state index contributed by atoms with van der Waals surface area (Å²) in [6.45, 7) is 3.78. The zero-order valence-corrected chi connectivity index (χ0v) is 16.2. The minimum atomic E-state index is -0.581. The fourth-order valence-electron chi connectivity index (χ4n) is 3.25. The van der Waals surface area contributed by atoms with E-state index in [2.05, 4.69) is 4.99 Å². The Balaban J connectivity index is 1.97. The van der Waals surface area contributed by atoms with Crippen LogP contribution in [0, 0.1) is 0 Å². The van der Waals surface area contributed by atoms with Crippen LogP contribution < -0.4 is 14.9 Å². The van der Waals surface area contributed by atoms with Gasteiger partial charge in [0.15, 0.2) is 4.80 Å². The Kier molecular flexibility index (Phi) is 4.83. The number of thiazole rings is 1. The largest absolute Gasteiger partial charge is 0.472 e. The van der Waals surface area contributed by atoms with Gasteiger partial charge in [-0.1, -0.05) is 41.7 Å². The smallest absolute Gasteiger partial charge is 0.338 e. The zero-order valence-electron chi connectivity index (χ0n) is 15.4. The first-order valence-corrected chi connectivity index (χ1v) is 9.68. The second-order valence-electron chi connectivity index (χ2n) is 6.27. The molecule has 0 unspecified atom stereocenters. The van der Waals surface area contributed by atoms with E-state index in [0.717, 1.165) is 11.1 Å². The van der Waals surface area contributed by atoms with Gasteiger partial charge in [0.2, 0.25) is 0 Å². The third-order valence-electron chi connectivity index (χ3n) is 4.47. The fraction of sp³-hybridized carbons (Fsp3) is 0.190. The van der Waals surface area contributed by atoms with E-state index in [1.165, 1.54) is 11.3 Å². The van der Waals surface area contributed by atoms with Gasteiger partial charge in [0.1, 0.15) is 0 Å². The quantitative estimate of drug-likeness (QED) is 0.637. The van der Waals surface area contributed by atoms with Crippen molar-refractivity contribution < 1.29 is 13.9 Å². The van der Waals surface area contributed by atoms with Gasteiger partial charge in [-0.05, 0) is 31.6 Å². The van der Waals surface area contributed by atoms with Crippen molar-refractivity contribution in [2.24, 2.45) is 4.99 Å². The van der Waals surface area contributed by atoms with E-state index in [9.17, 15) is 9.59 Å². The molecular weight excluding hydrogens is 376 g/mol. The van der Waals surface area contributed by atoms with Gasteiger partial charge in [-0.15, -0.1) is 0 Å². The van der Waals surface area contributed by atoms with Crippen molar-refractivity contribution in [3.05, 3.63) is 91.0 Å². The van der Waals surface area contributed by atoms with Gasteiger partial charge >= 0.3 is 5.97 Å². The number of allylic oxidation sites excluding steroid dienone is 1. The summed E-state index contributed by atoms with van der Waals surface area (Å²) in [5.74, 6) is -0.457. The minimum absolute atomic E-state index is 0.201. The lowest BCUT2D eigenvalue weighted by Crippen LogP contribution is -2.39. The van der Waals surface area contributed by atoms with Crippen LogP contribution >= 0.6 is 11.3 Å². The van der Waals surface area contributed by atoms with Crippen molar-refractivity contribution in [1.29, 1.82) is 0 Å². The van der Waals surface area contributed by atoms with Gasteiger partial charge in [-0.2, -0.15) is 0 Å². The summed E-state index contributed by atoms with van der Waals surface area (Å²) in [4.78, 5) is 31.0. The number of ether oxygens (including phenoxy) is 1. The van der Waals surface area contributed by atoms with Crippen LogP contribution in [0.3, 0.4) is 0 Å². The van der Waals surface area contributed by atoms with Gasteiger partial charge < -0.3 is 9.15 Å². The van der Waals surface area contributed by atoms with Crippen LogP contribution in [-0.2, 0) is 9.53 Å². The maximum Gasteiger partial charge on any atom is 0.338 e. The predicted molar refractivity (Wildman–Crippen MR) is 106 cm³/mol. The Morgan fingerprint density at radius 2 is 2.11 bits per heavy atom. The van der Waals surface area contributed by atoms with Crippen LogP contribution in [0.4, 0.5) is 0 Å². The van der Waals surface area contributed by atoms with Gasteiger partial charge in [-0.25, -0.2) is 9.79 Å². The predicted octanol–water partition coefficient (Wildman–Crippen LogP) is 2.39. The van der Waals surface area contributed by atoms with Gasteiger partial charge in [-0.3, -0.25) is 9.36 Å². The van der Waals surface area contributed by atoms with Gasteiger partial charge in [0.25, 0.3) is 5.56 Å². The molecule has 7 heteroatoms. The summed E-state index contributed by atoms with van der Waals surface area (Å²) in [6, 6.07) is 10.7. The molecule has 142 valence electrons. The highest BCUT2D eigenvalue weighted by molar-refractivity contribution is 7.07. The molecule has 0 radical (unpaired) electrons. The van der Waals surface area contributed by atoms with Crippen LogP contribution in [0.15, 0.2) is 74.4 Å². The fourth-order valence-corrected chi connectivity index (χ4v) is 4.30. The first-order chi connectivity index (χ1) is 13.6. The molecule has 28 heavy (non-hydrogen) atoms. The average molecular weight is 394 g/mol. The SMILES string of the molecule is CCOC(=O)C1=C(C)N=c2s/c(=C/c3ccoc3)c(=O)n2[C@@H]1c1ccccc1. The number of furan rings is 1. The van der Waals surface area contributed by atoms with E-state index in [4.69, 9.17) is 9.15 Å². The maximum absolute atomic E-state index is 13.2. The number of benzene rings is 1. The molecule has 6 nitrogen and oxygen atoms in total. The van der Waals surface area contributed by atoms with Crippen molar-refractivity contribution in [2.75, 3.05) is 6.61 Å². The number of rotatable bonds is 4. The number of hydrogen-bond donors (Lipinski definition) is 0. The normalized spacial score (nSPS) is 16.6. The van der Waals surface area contributed by atoms with Crippen LogP contribution in [0.25, 0.3) is 6.08 Å². The molecule has 1 aliphatic rings. The van der Waals surface area contributed by atoms with Crippen LogP contribution in [0.2, 0.25) is 0 Å². The summed E-state index contributed by atoms with van der Waals surface area (Å²) < 4.78 is 12.4. The zero-order chi connectivity index (χ0) is 19.7. The molecule has 0 saturated carbocycles. The van der Waals surface area contributed by atoms with Crippen molar-refractivity contribution in [3.8, 4) is 0 Å². The highest BCUT2D eigenvalue weighted by Crippen LogP contribution is 2.30. The maximum atomic E-state index is 13.2. The number of carbonyl (C=O) groups is 1. The number of carbonyl (C=O) groups excluding carboxylic acids is 1. The van der Waals surface area contributed by atoms with Crippen molar-refractivity contribution >= 4 is 23.4 Å². The standard InChI is InChI=1S/C21H18N2O4S/c1-3-27-20(25)17-13(2)22-21-23(18(17)15-7-5-4-6-8-15)19(24)16(28-21)11-14-9-10-26-12-14/h4-12,18H,3H2,1-2H3/b16-11+/t18-/m1/s1. The summed E-state index contributed by atoms with van der Waals surface area (Å²) >= 11 is 1.29. The molecule has 1 aromatic carbocycles. The lowest BCUT2D eigenvalue weighted by molar-refractivity contribution is -0.139. The molecule has 0 aliphatic carbocycles. The Labute approximate surface area is 164 Å². The number of aromatic nitrogens is 1. The Bertz CT molecular complexity index is 1220. The molecule has 1 aliphatic heterocycles. The monoisotopic (exact) mass is 394 g/mol. The van der Waals surface area contributed by atoms with E-state index in [1.807, 2.05) is 30.3 Å². The summed E-state index contributed by atoms with van der Waals surface area (Å²) in [5, 5.41) is 0. The third kappa shape index (κ3) is 3.14. The average Bonchev–Trinajstić information content (AvgIpc) is 3.30. The topological polar surface area (TPSA) is 73.8 Å². The number of hydrogen-bond acceptors (Lipinski definition) is 6. The van der Waals surface area contributed by atoms with E-state index < -0.39 is 12.0 Å². The molecule has 0 N–H and O–H groups in total. The van der Waals surface area contributed by atoms with Gasteiger partial charge in [0.05, 0.1) is 41.0 Å². The van der Waals surface area contributed by atoms with Crippen molar-refractivity contribution in [2.45, 2.75) is 19.9 Å². The highest BCUT2D eigenvalue weighted by Gasteiger charge is 2.33. The molecule has 1 atom stereocenters. The van der Waals surface area contributed by atoms with E-state index >= 15 is 0 Å². The van der Waals surface area contributed by atoms with Crippen LogP contribution in [-0.4, -0.2) is 17.1 Å². The lowest BCUT2D eigenvalue weighted by Gasteiger charge is -2.24. The molecule has 2 aromatic heterocycles. The highest BCUT2D eigenvalue weighted by atomic mass is 32.1. The summed E-state index contributed by atoms with van der Waals surface area (Å²) in [7, 11) is 0. The minimum Gasteiger partial charge on any atom is -0.472 e. The molecule has 0 saturated heterocycles. The first kappa shape index (κ1) is 18.2. The van der Waals surface area contributed by atoms with E-state index in [-0.39, 0.29) is 12.2 Å². The molecule has 4 rings (SSSR count).